The smallest absolute Gasteiger partial charge is 0.271 e. The summed E-state index contributed by atoms with van der Waals surface area (Å²) in [5.74, 6) is 0.196. The molecule has 8 nitrogen and oxygen atoms in total. The number of nitrogens with one attached hydrogen (secondary N) is 2. The van der Waals surface area contributed by atoms with Gasteiger partial charge in [0.25, 0.3) is 11.8 Å². The second-order valence-electron chi connectivity index (χ2n) is 6.00. The number of carbonyl (C=O) groups is 2. The fourth-order valence-electron chi connectivity index (χ4n) is 2.51. The van der Waals surface area contributed by atoms with Crippen molar-refractivity contribution in [3.8, 4) is 0 Å². The van der Waals surface area contributed by atoms with E-state index in [-0.39, 0.29) is 17.5 Å². The van der Waals surface area contributed by atoms with Crippen LogP contribution in [-0.4, -0.2) is 41.1 Å². The topological polar surface area (TPSA) is 100 Å². The van der Waals surface area contributed by atoms with Crippen molar-refractivity contribution >= 4 is 23.3 Å². The van der Waals surface area contributed by atoms with Crippen molar-refractivity contribution in [2.24, 2.45) is 0 Å². The Morgan fingerprint density at radius 3 is 2.29 bits per heavy atom. The van der Waals surface area contributed by atoms with Gasteiger partial charge in [0.2, 0.25) is 0 Å². The van der Waals surface area contributed by atoms with E-state index in [1.807, 2.05) is 24.3 Å². The molecular weight excluding hydrogens is 356 g/mol. The first kappa shape index (κ1) is 19.0. The summed E-state index contributed by atoms with van der Waals surface area (Å²) in [6, 6.07) is 14.3. The van der Waals surface area contributed by atoms with Gasteiger partial charge in [-0.25, -0.2) is 0 Å². The summed E-state index contributed by atoms with van der Waals surface area (Å²) in [6.07, 6.45) is 3.19. The Hall–Kier alpha value is -3.81. The summed E-state index contributed by atoms with van der Waals surface area (Å²) in [5, 5.41) is 13.5. The van der Waals surface area contributed by atoms with Gasteiger partial charge in [-0.1, -0.05) is 12.1 Å². The number of nitrogens with zero attached hydrogens (tertiary/aromatic N) is 4. The Morgan fingerprint density at radius 1 is 0.964 bits per heavy atom. The lowest BCUT2D eigenvalue weighted by Crippen LogP contribution is -2.26. The molecule has 0 aliphatic carbocycles. The SMILES string of the molecule is CNC(=O)c1ccc(NCc2ccc(N(C)C(=O)c3ccncc3)cc2)nn1. The standard InChI is InChI=1S/C20H20N6O2/c1-21-19(27)17-7-8-18(25-24-17)23-13-14-3-5-16(6-4-14)26(2)20(28)15-9-11-22-12-10-15/h3-12H,13H2,1-2H3,(H,21,27)(H,23,25). The number of benzene rings is 1. The first-order valence-corrected chi connectivity index (χ1v) is 8.65. The fraction of sp³-hybridized carbons (Fsp3) is 0.150. The van der Waals surface area contributed by atoms with Crippen LogP contribution < -0.4 is 15.5 Å². The fourth-order valence-corrected chi connectivity index (χ4v) is 2.51. The molecule has 0 bridgehead atoms. The molecule has 0 aliphatic rings. The molecule has 3 aromatic rings. The molecule has 0 atom stereocenters. The van der Waals surface area contributed by atoms with Crippen molar-refractivity contribution in [1.29, 1.82) is 0 Å². The van der Waals surface area contributed by atoms with Crippen molar-refractivity contribution in [2.45, 2.75) is 6.54 Å². The highest BCUT2D eigenvalue weighted by Gasteiger charge is 2.13. The van der Waals surface area contributed by atoms with Crippen molar-refractivity contribution in [3.63, 3.8) is 0 Å². The second kappa shape index (κ2) is 8.72. The first-order chi connectivity index (χ1) is 13.6. The summed E-state index contributed by atoms with van der Waals surface area (Å²) in [7, 11) is 3.28. The molecular formula is C20H20N6O2. The van der Waals surface area contributed by atoms with Crippen LogP contribution in [0.25, 0.3) is 0 Å². The second-order valence-corrected chi connectivity index (χ2v) is 6.00. The van der Waals surface area contributed by atoms with Crippen LogP contribution in [0.4, 0.5) is 11.5 Å². The van der Waals surface area contributed by atoms with E-state index in [2.05, 4.69) is 25.8 Å². The van der Waals surface area contributed by atoms with E-state index in [9.17, 15) is 9.59 Å². The molecule has 0 unspecified atom stereocenters. The summed E-state index contributed by atoms with van der Waals surface area (Å²) in [4.78, 5) is 29.5. The molecule has 3 rings (SSSR count). The van der Waals surface area contributed by atoms with E-state index in [1.165, 1.54) is 0 Å². The Kier molecular flexibility index (Phi) is 5.91. The predicted octanol–water partition coefficient (Wildman–Crippen LogP) is 2.12. The zero-order chi connectivity index (χ0) is 19.9. The number of hydrogen-bond acceptors (Lipinski definition) is 6. The molecule has 0 saturated heterocycles. The molecule has 2 amide bonds. The van der Waals surface area contributed by atoms with E-state index < -0.39 is 0 Å². The Labute approximate surface area is 162 Å². The van der Waals surface area contributed by atoms with Gasteiger partial charge < -0.3 is 15.5 Å². The zero-order valence-corrected chi connectivity index (χ0v) is 15.6. The van der Waals surface area contributed by atoms with E-state index in [1.54, 1.807) is 55.7 Å². The van der Waals surface area contributed by atoms with Crippen LogP contribution in [-0.2, 0) is 6.54 Å². The Morgan fingerprint density at radius 2 is 1.68 bits per heavy atom. The molecule has 0 radical (unpaired) electrons. The van der Waals surface area contributed by atoms with Gasteiger partial charge in [-0.3, -0.25) is 14.6 Å². The monoisotopic (exact) mass is 376 g/mol. The highest BCUT2D eigenvalue weighted by Crippen LogP contribution is 2.17. The third-order valence-electron chi connectivity index (χ3n) is 4.15. The number of anilines is 2. The quantitative estimate of drug-likeness (QED) is 0.684. The molecule has 0 fully saturated rings. The van der Waals surface area contributed by atoms with Crippen LogP contribution in [0.5, 0.6) is 0 Å². The van der Waals surface area contributed by atoms with Gasteiger partial charge in [-0.15, -0.1) is 10.2 Å². The molecule has 0 saturated carbocycles. The summed E-state index contributed by atoms with van der Waals surface area (Å²) in [6.45, 7) is 0.538. The minimum atomic E-state index is -0.278. The van der Waals surface area contributed by atoms with Crippen LogP contribution in [0, 0.1) is 0 Å². The highest BCUT2D eigenvalue weighted by molar-refractivity contribution is 6.05. The van der Waals surface area contributed by atoms with Gasteiger partial charge in [0.1, 0.15) is 5.82 Å². The molecule has 8 heteroatoms. The number of aromatic nitrogens is 3. The molecule has 142 valence electrons. The summed E-state index contributed by atoms with van der Waals surface area (Å²) >= 11 is 0. The van der Waals surface area contributed by atoms with Gasteiger partial charge in [-0.2, -0.15) is 0 Å². The minimum absolute atomic E-state index is 0.0974. The number of hydrogen-bond donors (Lipinski definition) is 2. The van der Waals surface area contributed by atoms with Gasteiger partial charge in [-0.05, 0) is 42.0 Å². The van der Waals surface area contributed by atoms with E-state index in [0.717, 1.165) is 11.3 Å². The third-order valence-corrected chi connectivity index (χ3v) is 4.15. The number of rotatable bonds is 6. The largest absolute Gasteiger partial charge is 0.365 e. The average molecular weight is 376 g/mol. The molecule has 2 N–H and O–H groups in total. The maximum atomic E-state index is 12.5. The van der Waals surface area contributed by atoms with E-state index >= 15 is 0 Å². The number of amides is 2. The first-order valence-electron chi connectivity index (χ1n) is 8.65. The van der Waals surface area contributed by atoms with Crippen LogP contribution in [0.3, 0.4) is 0 Å². The van der Waals surface area contributed by atoms with Crippen LogP contribution in [0.15, 0.2) is 60.9 Å². The van der Waals surface area contributed by atoms with Crippen LogP contribution in [0.1, 0.15) is 26.4 Å². The normalized spacial score (nSPS) is 10.2. The van der Waals surface area contributed by atoms with Crippen molar-refractivity contribution in [1.82, 2.24) is 20.5 Å². The van der Waals surface area contributed by atoms with Crippen molar-refractivity contribution in [2.75, 3.05) is 24.3 Å². The zero-order valence-electron chi connectivity index (χ0n) is 15.6. The van der Waals surface area contributed by atoms with E-state index in [0.29, 0.717) is 17.9 Å². The highest BCUT2D eigenvalue weighted by atomic mass is 16.2. The average Bonchev–Trinajstić information content (AvgIpc) is 2.77. The molecule has 0 aliphatic heterocycles. The van der Waals surface area contributed by atoms with Gasteiger partial charge in [0, 0.05) is 44.3 Å². The van der Waals surface area contributed by atoms with E-state index in [4.69, 9.17) is 0 Å². The van der Waals surface area contributed by atoms with Crippen molar-refractivity contribution < 1.29 is 9.59 Å². The lowest BCUT2D eigenvalue weighted by atomic mass is 10.1. The lowest BCUT2D eigenvalue weighted by Gasteiger charge is -2.17. The number of pyridine rings is 1. The molecule has 28 heavy (non-hydrogen) atoms. The van der Waals surface area contributed by atoms with Gasteiger partial charge >= 0.3 is 0 Å². The summed E-state index contributed by atoms with van der Waals surface area (Å²) in [5.41, 5.74) is 2.66. The molecule has 1 aromatic carbocycles. The lowest BCUT2D eigenvalue weighted by molar-refractivity contribution is 0.0955. The Balaban J connectivity index is 1.60. The molecule has 0 spiro atoms. The molecule has 2 aromatic heterocycles. The minimum Gasteiger partial charge on any atom is -0.365 e. The van der Waals surface area contributed by atoms with Crippen LogP contribution >= 0.6 is 0 Å². The summed E-state index contributed by atoms with van der Waals surface area (Å²) < 4.78 is 0. The third kappa shape index (κ3) is 4.47. The van der Waals surface area contributed by atoms with Gasteiger partial charge in [0.15, 0.2) is 5.69 Å². The maximum absolute atomic E-state index is 12.5. The predicted molar refractivity (Wildman–Crippen MR) is 106 cm³/mol. The Bertz CT molecular complexity index is 943. The maximum Gasteiger partial charge on any atom is 0.271 e. The van der Waals surface area contributed by atoms with Gasteiger partial charge in [0.05, 0.1) is 0 Å². The molecule has 2 heterocycles. The number of carbonyl (C=O) groups excluding carboxylic acids is 2. The van der Waals surface area contributed by atoms with Crippen LogP contribution in [0.2, 0.25) is 0 Å². The van der Waals surface area contributed by atoms with Crippen molar-refractivity contribution in [3.05, 3.63) is 77.7 Å².